The van der Waals surface area contributed by atoms with Crippen molar-refractivity contribution in [1.82, 2.24) is 4.90 Å². The topological polar surface area (TPSA) is 77.8 Å². The van der Waals surface area contributed by atoms with Gasteiger partial charge in [-0.1, -0.05) is 50.5 Å². The van der Waals surface area contributed by atoms with Crippen LogP contribution in [0.1, 0.15) is 78.1 Å². The highest BCUT2D eigenvalue weighted by atomic mass is 16.4. The third-order valence-electron chi connectivity index (χ3n) is 4.81. The Morgan fingerprint density at radius 1 is 1.31 bits per heavy atom. The van der Waals surface area contributed by atoms with E-state index in [-0.39, 0.29) is 18.4 Å². The molecule has 148 valence electrons. The van der Waals surface area contributed by atoms with E-state index in [1.165, 1.54) is 0 Å². The molecule has 0 aromatic heterocycles. The predicted octanol–water partition coefficient (Wildman–Crippen LogP) is 4.07. The van der Waals surface area contributed by atoms with E-state index in [1.54, 1.807) is 0 Å². The standard InChI is InChI=1S/C21H35NO4/c1-3-4-8-15-21(2,26)16-14-18-11-10-12-19(23)22(18)17-9-6-5-7-13-20(24)25/h6,9,14,16,18,26H,3-5,7-8,10-13,15,17H2,1-2H3,(H,24,25)/t18-,21?/m1/s1. The number of aliphatic carboxylic acids is 1. The van der Waals surface area contributed by atoms with Crippen molar-refractivity contribution in [2.75, 3.05) is 6.54 Å². The van der Waals surface area contributed by atoms with Gasteiger partial charge in [0.2, 0.25) is 5.91 Å². The number of nitrogens with zero attached hydrogens (tertiary/aromatic N) is 1. The molecule has 1 aliphatic rings. The molecule has 1 saturated heterocycles. The average molecular weight is 366 g/mol. The van der Waals surface area contributed by atoms with Crippen LogP contribution in [0.4, 0.5) is 0 Å². The summed E-state index contributed by atoms with van der Waals surface area (Å²) < 4.78 is 0. The molecule has 1 fully saturated rings. The number of piperidine rings is 1. The van der Waals surface area contributed by atoms with E-state index in [0.29, 0.717) is 25.8 Å². The molecular weight excluding hydrogens is 330 g/mol. The molecule has 1 unspecified atom stereocenters. The fraction of sp³-hybridized carbons (Fsp3) is 0.714. The zero-order chi connectivity index (χ0) is 19.4. The lowest BCUT2D eigenvalue weighted by Crippen LogP contribution is -2.43. The van der Waals surface area contributed by atoms with Gasteiger partial charge in [-0.25, -0.2) is 0 Å². The van der Waals surface area contributed by atoms with Gasteiger partial charge >= 0.3 is 5.97 Å². The van der Waals surface area contributed by atoms with E-state index in [1.807, 2.05) is 36.1 Å². The minimum absolute atomic E-state index is 0.0255. The van der Waals surface area contributed by atoms with E-state index < -0.39 is 11.6 Å². The minimum Gasteiger partial charge on any atom is -0.481 e. The molecule has 0 radical (unpaired) electrons. The SMILES string of the molecule is CCCCCC(C)(O)C=C[C@H]1CCCC(=O)N1CC=CCCCC(=O)O. The molecule has 2 atom stereocenters. The van der Waals surface area contributed by atoms with E-state index >= 15 is 0 Å². The van der Waals surface area contributed by atoms with Gasteiger partial charge in [0.05, 0.1) is 11.6 Å². The molecule has 1 heterocycles. The number of hydrogen-bond acceptors (Lipinski definition) is 3. The highest BCUT2D eigenvalue weighted by Crippen LogP contribution is 2.22. The summed E-state index contributed by atoms with van der Waals surface area (Å²) >= 11 is 0. The molecule has 0 aromatic carbocycles. The van der Waals surface area contributed by atoms with Gasteiger partial charge in [0.15, 0.2) is 0 Å². The van der Waals surface area contributed by atoms with Gasteiger partial charge in [-0.3, -0.25) is 9.59 Å². The Kier molecular flexibility index (Phi) is 10.3. The second kappa shape index (κ2) is 11.9. The van der Waals surface area contributed by atoms with Crippen LogP contribution in [0.2, 0.25) is 0 Å². The fourth-order valence-corrected chi connectivity index (χ4v) is 3.20. The third kappa shape index (κ3) is 9.18. The molecule has 1 rings (SSSR count). The Labute approximate surface area is 157 Å². The number of allylic oxidation sites excluding steroid dienone is 1. The number of carboxylic acids is 1. The molecule has 0 aromatic rings. The molecule has 1 amide bonds. The number of aliphatic hydroxyl groups is 1. The lowest BCUT2D eigenvalue weighted by Gasteiger charge is -2.34. The van der Waals surface area contributed by atoms with Gasteiger partial charge < -0.3 is 15.1 Å². The highest BCUT2D eigenvalue weighted by Gasteiger charge is 2.26. The maximum atomic E-state index is 12.3. The number of carboxylic acid groups (broad SMARTS) is 1. The lowest BCUT2D eigenvalue weighted by molar-refractivity contribution is -0.137. The van der Waals surface area contributed by atoms with Gasteiger partial charge in [0.25, 0.3) is 0 Å². The Morgan fingerprint density at radius 2 is 2.08 bits per heavy atom. The predicted molar refractivity (Wildman–Crippen MR) is 104 cm³/mol. The second-order valence-corrected chi connectivity index (χ2v) is 7.44. The van der Waals surface area contributed by atoms with Gasteiger partial charge in [0.1, 0.15) is 0 Å². The Balaban J connectivity index is 2.55. The van der Waals surface area contributed by atoms with Crippen LogP contribution in [0.15, 0.2) is 24.3 Å². The first-order chi connectivity index (χ1) is 12.4. The van der Waals surface area contributed by atoms with Crippen molar-refractivity contribution in [2.24, 2.45) is 0 Å². The van der Waals surface area contributed by atoms with Crippen LogP contribution >= 0.6 is 0 Å². The summed E-state index contributed by atoms with van der Waals surface area (Å²) in [5.41, 5.74) is -0.825. The minimum atomic E-state index is -0.825. The second-order valence-electron chi connectivity index (χ2n) is 7.44. The first-order valence-corrected chi connectivity index (χ1v) is 9.93. The van der Waals surface area contributed by atoms with Crippen LogP contribution in [0.25, 0.3) is 0 Å². The number of rotatable bonds is 12. The average Bonchev–Trinajstić information content (AvgIpc) is 2.57. The van der Waals surface area contributed by atoms with Crippen molar-refractivity contribution in [1.29, 1.82) is 0 Å². The first-order valence-electron chi connectivity index (χ1n) is 9.93. The summed E-state index contributed by atoms with van der Waals surface area (Å²) in [5.74, 6) is -0.632. The summed E-state index contributed by atoms with van der Waals surface area (Å²) in [5, 5.41) is 19.1. The molecule has 5 nitrogen and oxygen atoms in total. The largest absolute Gasteiger partial charge is 0.481 e. The van der Waals surface area contributed by atoms with Crippen LogP contribution < -0.4 is 0 Å². The van der Waals surface area contributed by atoms with Crippen LogP contribution in [0.5, 0.6) is 0 Å². The maximum Gasteiger partial charge on any atom is 0.303 e. The Bertz CT molecular complexity index is 496. The normalized spacial score (nSPS) is 20.8. The number of hydrogen-bond donors (Lipinski definition) is 2. The molecule has 0 saturated carbocycles. The molecule has 0 bridgehead atoms. The maximum absolute atomic E-state index is 12.3. The summed E-state index contributed by atoms with van der Waals surface area (Å²) in [4.78, 5) is 24.6. The summed E-state index contributed by atoms with van der Waals surface area (Å²) in [6.07, 6.45) is 15.6. The van der Waals surface area contributed by atoms with E-state index in [0.717, 1.165) is 38.5 Å². The van der Waals surface area contributed by atoms with Gasteiger partial charge in [0, 0.05) is 19.4 Å². The number of carbonyl (C=O) groups is 2. The zero-order valence-corrected chi connectivity index (χ0v) is 16.3. The number of amides is 1. The Morgan fingerprint density at radius 3 is 2.77 bits per heavy atom. The van der Waals surface area contributed by atoms with Crippen LogP contribution in [-0.2, 0) is 9.59 Å². The van der Waals surface area contributed by atoms with Crippen LogP contribution in [-0.4, -0.2) is 45.2 Å². The molecule has 1 aliphatic heterocycles. The van der Waals surface area contributed by atoms with Crippen molar-refractivity contribution < 1.29 is 19.8 Å². The van der Waals surface area contributed by atoms with Crippen LogP contribution in [0.3, 0.4) is 0 Å². The van der Waals surface area contributed by atoms with Crippen molar-refractivity contribution in [3.05, 3.63) is 24.3 Å². The zero-order valence-electron chi connectivity index (χ0n) is 16.3. The van der Waals surface area contributed by atoms with E-state index in [9.17, 15) is 14.7 Å². The molecule has 0 aliphatic carbocycles. The van der Waals surface area contributed by atoms with Gasteiger partial charge in [-0.05, 0) is 39.0 Å². The van der Waals surface area contributed by atoms with E-state index in [2.05, 4.69) is 6.92 Å². The highest BCUT2D eigenvalue weighted by molar-refractivity contribution is 5.77. The molecular formula is C21H35NO4. The van der Waals surface area contributed by atoms with Crippen molar-refractivity contribution >= 4 is 11.9 Å². The van der Waals surface area contributed by atoms with Crippen molar-refractivity contribution in [3.63, 3.8) is 0 Å². The van der Waals surface area contributed by atoms with Gasteiger partial charge in [-0.2, -0.15) is 0 Å². The molecule has 0 spiro atoms. The quantitative estimate of drug-likeness (QED) is 0.404. The van der Waals surface area contributed by atoms with Crippen molar-refractivity contribution in [3.8, 4) is 0 Å². The van der Waals surface area contributed by atoms with Crippen molar-refractivity contribution in [2.45, 2.75) is 89.7 Å². The molecule has 26 heavy (non-hydrogen) atoms. The smallest absolute Gasteiger partial charge is 0.303 e. The summed E-state index contributed by atoms with van der Waals surface area (Å²) in [6, 6.07) is 0.0255. The summed E-state index contributed by atoms with van der Waals surface area (Å²) in [7, 11) is 0. The van der Waals surface area contributed by atoms with E-state index in [4.69, 9.17) is 5.11 Å². The monoisotopic (exact) mass is 365 g/mol. The third-order valence-corrected chi connectivity index (χ3v) is 4.81. The lowest BCUT2D eigenvalue weighted by atomic mass is 9.94. The fourth-order valence-electron chi connectivity index (χ4n) is 3.20. The van der Waals surface area contributed by atoms with Gasteiger partial charge in [-0.15, -0.1) is 0 Å². The van der Waals surface area contributed by atoms with Crippen LogP contribution in [0, 0.1) is 0 Å². The number of carbonyl (C=O) groups excluding carboxylic acids is 1. The summed E-state index contributed by atoms with van der Waals surface area (Å²) in [6.45, 7) is 4.51. The first kappa shape index (κ1) is 22.4. The Hall–Kier alpha value is -1.62. The number of unbranched alkanes of at least 4 members (excludes halogenated alkanes) is 3. The molecule has 5 heteroatoms. The molecule has 2 N–H and O–H groups in total. The number of likely N-dealkylation sites (tertiary alicyclic amines) is 1.